The van der Waals surface area contributed by atoms with Gasteiger partial charge in [-0.25, -0.2) is 4.98 Å². The average molecular weight is 403 g/mol. The lowest BCUT2D eigenvalue weighted by molar-refractivity contribution is 0.174. The van der Waals surface area contributed by atoms with Gasteiger partial charge in [0, 0.05) is 16.0 Å². The normalized spacial score (nSPS) is 12.3. The number of nitrogens with zero attached hydrogens (tertiary/aromatic N) is 3. The number of rotatable bonds is 4. The number of ether oxygens (including phenoxy) is 3. The molecular weight excluding hydrogens is 386 g/mol. The van der Waals surface area contributed by atoms with E-state index in [1.807, 2.05) is 42.5 Å². The van der Waals surface area contributed by atoms with E-state index in [0.717, 1.165) is 55.3 Å². The van der Waals surface area contributed by atoms with Crippen LogP contribution >= 0.6 is 11.3 Å². The monoisotopic (exact) mass is 403 g/mol. The van der Waals surface area contributed by atoms with E-state index in [0.29, 0.717) is 0 Å². The third-order valence-electron chi connectivity index (χ3n) is 5.00. The fourth-order valence-corrected chi connectivity index (χ4v) is 4.75. The number of hydrogen-bond donors (Lipinski definition) is 0. The Morgan fingerprint density at radius 2 is 2.03 bits per heavy atom. The minimum atomic E-state index is 0.236. The van der Waals surface area contributed by atoms with Crippen molar-refractivity contribution in [2.45, 2.75) is 13.3 Å². The van der Waals surface area contributed by atoms with Gasteiger partial charge in [-0.05, 0) is 37.3 Å². The van der Waals surface area contributed by atoms with Crippen LogP contribution in [0.15, 0.2) is 42.5 Å². The van der Waals surface area contributed by atoms with Crippen LogP contribution in [-0.4, -0.2) is 23.3 Å². The summed E-state index contributed by atoms with van der Waals surface area (Å²) in [6.07, 6.45) is 0.238. The molecule has 2 aromatic carbocycles. The van der Waals surface area contributed by atoms with Gasteiger partial charge in [-0.1, -0.05) is 12.1 Å². The number of thiazole rings is 1. The van der Waals surface area contributed by atoms with Crippen molar-refractivity contribution in [3.05, 3.63) is 53.0 Å². The molecule has 1 aliphatic heterocycles. The van der Waals surface area contributed by atoms with Gasteiger partial charge < -0.3 is 14.2 Å². The molecule has 0 amide bonds. The number of methoxy groups -OCH3 is 1. The second-order valence-electron chi connectivity index (χ2n) is 6.64. The van der Waals surface area contributed by atoms with Gasteiger partial charge in [0.2, 0.25) is 6.79 Å². The van der Waals surface area contributed by atoms with Gasteiger partial charge in [0.25, 0.3) is 0 Å². The Kier molecular flexibility index (Phi) is 4.14. The summed E-state index contributed by atoms with van der Waals surface area (Å²) in [7, 11) is 1.64. The number of aryl methyl sites for hydroxylation is 1. The van der Waals surface area contributed by atoms with Crippen LogP contribution in [0.4, 0.5) is 0 Å². The zero-order valence-corrected chi connectivity index (χ0v) is 16.7. The highest BCUT2D eigenvalue weighted by Gasteiger charge is 2.24. The first-order valence-corrected chi connectivity index (χ1v) is 9.94. The highest BCUT2D eigenvalue weighted by Crippen LogP contribution is 2.41. The number of hydrogen-bond acceptors (Lipinski definition) is 6. The van der Waals surface area contributed by atoms with Gasteiger partial charge in [-0.2, -0.15) is 5.26 Å². The lowest BCUT2D eigenvalue weighted by atomic mass is 10.1. The van der Waals surface area contributed by atoms with Gasteiger partial charge in [0.05, 0.1) is 36.7 Å². The summed E-state index contributed by atoms with van der Waals surface area (Å²) in [5, 5.41) is 9.53. The number of imidazole rings is 1. The summed E-state index contributed by atoms with van der Waals surface area (Å²) in [5.74, 6) is 2.21. The largest absolute Gasteiger partial charge is 0.496 e. The lowest BCUT2D eigenvalue weighted by Gasteiger charge is -2.09. The van der Waals surface area contributed by atoms with E-state index in [4.69, 9.17) is 19.2 Å². The molecule has 0 bridgehead atoms. The predicted octanol–water partition coefficient (Wildman–Crippen LogP) is 4.84. The zero-order valence-electron chi connectivity index (χ0n) is 15.9. The molecule has 2 aromatic heterocycles. The van der Waals surface area contributed by atoms with Crippen molar-refractivity contribution in [3.63, 3.8) is 0 Å². The molecule has 0 fully saturated rings. The van der Waals surface area contributed by atoms with Gasteiger partial charge in [-0.3, -0.25) is 4.40 Å². The second-order valence-corrected chi connectivity index (χ2v) is 7.82. The quantitative estimate of drug-likeness (QED) is 0.488. The Hall–Kier alpha value is -3.50. The third kappa shape index (κ3) is 2.72. The first kappa shape index (κ1) is 17.6. The average Bonchev–Trinajstić information content (AvgIpc) is 3.42. The smallest absolute Gasteiger partial charge is 0.231 e. The van der Waals surface area contributed by atoms with Crippen LogP contribution < -0.4 is 14.2 Å². The highest BCUT2D eigenvalue weighted by molar-refractivity contribution is 7.17. The number of aromatic nitrogens is 2. The van der Waals surface area contributed by atoms with Gasteiger partial charge >= 0.3 is 0 Å². The first-order valence-electron chi connectivity index (χ1n) is 9.12. The molecule has 0 spiro atoms. The number of nitriles is 1. The molecule has 144 valence electrons. The summed E-state index contributed by atoms with van der Waals surface area (Å²) in [4.78, 5) is 6.85. The molecule has 3 heterocycles. The second kappa shape index (κ2) is 6.83. The molecular formula is C22H17N3O3S. The fraction of sp³-hybridized carbons (Fsp3) is 0.182. The summed E-state index contributed by atoms with van der Waals surface area (Å²) in [6.45, 7) is 2.30. The fourth-order valence-electron chi connectivity index (χ4n) is 3.74. The molecule has 0 N–H and O–H groups in total. The maximum atomic E-state index is 9.53. The molecule has 0 atom stereocenters. The summed E-state index contributed by atoms with van der Waals surface area (Å²) in [5.41, 5.74) is 4.52. The molecule has 6 nitrogen and oxygen atoms in total. The molecule has 0 aliphatic carbocycles. The van der Waals surface area contributed by atoms with E-state index >= 15 is 0 Å². The SMILES string of the molecule is COc1ccccc1-c1nc2sc(C)c(-c3ccc4c(c3)OCO4)n2c1CC#N. The number of benzene rings is 2. The van der Waals surface area contributed by atoms with Crippen molar-refractivity contribution in [2.75, 3.05) is 13.9 Å². The van der Waals surface area contributed by atoms with Crippen LogP contribution in [-0.2, 0) is 6.42 Å². The summed E-state index contributed by atoms with van der Waals surface area (Å²) >= 11 is 1.61. The Morgan fingerprint density at radius 3 is 2.86 bits per heavy atom. The van der Waals surface area contributed by atoms with Gasteiger partial charge in [0.1, 0.15) is 5.75 Å². The highest BCUT2D eigenvalue weighted by atomic mass is 32.1. The molecule has 4 aromatic rings. The molecule has 29 heavy (non-hydrogen) atoms. The van der Waals surface area contributed by atoms with E-state index in [9.17, 15) is 5.26 Å². The molecule has 7 heteroatoms. The predicted molar refractivity (Wildman–Crippen MR) is 111 cm³/mol. The lowest BCUT2D eigenvalue weighted by Crippen LogP contribution is -1.97. The van der Waals surface area contributed by atoms with Gasteiger partial charge in [-0.15, -0.1) is 11.3 Å². The van der Waals surface area contributed by atoms with Crippen LogP contribution in [0.3, 0.4) is 0 Å². The molecule has 0 radical (unpaired) electrons. The van der Waals surface area contributed by atoms with Crippen molar-refractivity contribution in [1.82, 2.24) is 9.38 Å². The molecule has 0 saturated carbocycles. The Morgan fingerprint density at radius 1 is 1.21 bits per heavy atom. The maximum absolute atomic E-state index is 9.53. The Labute approximate surface area is 171 Å². The Bertz CT molecular complexity index is 1280. The van der Waals surface area contributed by atoms with Crippen LogP contribution in [0.1, 0.15) is 10.6 Å². The zero-order chi connectivity index (χ0) is 20.0. The standard InChI is InChI=1S/C22H17N3O3S/c1-13-21(14-7-8-18-19(11-14)28-12-27-18)25-16(9-10-23)20(24-22(25)29-13)15-5-3-4-6-17(15)26-2/h3-8,11H,9,12H2,1-2H3. The minimum Gasteiger partial charge on any atom is -0.496 e. The van der Waals surface area contributed by atoms with Crippen molar-refractivity contribution in [1.29, 1.82) is 5.26 Å². The molecule has 0 saturated heterocycles. The van der Waals surface area contributed by atoms with Crippen molar-refractivity contribution in [2.24, 2.45) is 0 Å². The minimum absolute atomic E-state index is 0.236. The Balaban J connectivity index is 1.77. The number of para-hydroxylation sites is 1. The number of fused-ring (bicyclic) bond motifs is 2. The van der Waals surface area contributed by atoms with E-state index < -0.39 is 0 Å². The molecule has 5 rings (SSSR count). The van der Waals surface area contributed by atoms with Crippen LogP contribution in [0, 0.1) is 18.3 Å². The third-order valence-corrected chi connectivity index (χ3v) is 5.95. The summed E-state index contributed by atoms with van der Waals surface area (Å²) < 4.78 is 18.6. The van der Waals surface area contributed by atoms with Crippen molar-refractivity contribution in [3.8, 4) is 45.8 Å². The van der Waals surface area contributed by atoms with E-state index in [2.05, 4.69) is 17.4 Å². The van der Waals surface area contributed by atoms with Crippen molar-refractivity contribution >= 4 is 16.3 Å². The van der Waals surface area contributed by atoms with Gasteiger partial charge in [0.15, 0.2) is 16.5 Å². The van der Waals surface area contributed by atoms with Crippen LogP contribution in [0.2, 0.25) is 0 Å². The van der Waals surface area contributed by atoms with Crippen LogP contribution in [0.25, 0.3) is 27.5 Å². The van der Waals surface area contributed by atoms with E-state index in [-0.39, 0.29) is 13.2 Å². The topological polar surface area (TPSA) is 68.8 Å². The van der Waals surface area contributed by atoms with E-state index in [1.54, 1.807) is 18.4 Å². The van der Waals surface area contributed by atoms with Crippen molar-refractivity contribution < 1.29 is 14.2 Å². The van der Waals surface area contributed by atoms with Crippen LogP contribution in [0.5, 0.6) is 17.2 Å². The summed E-state index contributed by atoms with van der Waals surface area (Å²) in [6, 6.07) is 16.0. The maximum Gasteiger partial charge on any atom is 0.231 e. The first-order chi connectivity index (χ1) is 14.2. The molecule has 0 unspecified atom stereocenters. The molecule has 1 aliphatic rings. The van der Waals surface area contributed by atoms with E-state index in [1.165, 1.54) is 0 Å².